The summed E-state index contributed by atoms with van der Waals surface area (Å²) >= 11 is 0. The van der Waals surface area contributed by atoms with Crippen molar-refractivity contribution < 1.29 is 14.7 Å². The molecule has 7 nitrogen and oxygen atoms in total. The van der Waals surface area contributed by atoms with Crippen molar-refractivity contribution in [1.29, 1.82) is 5.26 Å². The van der Waals surface area contributed by atoms with E-state index in [4.69, 9.17) is 5.26 Å². The number of aromatic nitrogens is 2. The van der Waals surface area contributed by atoms with Crippen LogP contribution < -0.4 is 5.32 Å². The highest BCUT2D eigenvalue weighted by molar-refractivity contribution is 6.08. The molecule has 0 fully saturated rings. The number of carbonyl (C=O) groups is 2. The van der Waals surface area contributed by atoms with E-state index in [1.165, 1.54) is 24.4 Å². The molecule has 3 aromatic rings. The first-order valence-corrected chi connectivity index (χ1v) is 7.54. The summed E-state index contributed by atoms with van der Waals surface area (Å²) in [6, 6.07) is 12.9. The number of hydrogen-bond donors (Lipinski definition) is 2. The summed E-state index contributed by atoms with van der Waals surface area (Å²) in [6.07, 6.45) is 4.60. The van der Waals surface area contributed by atoms with Crippen LogP contribution in [0.4, 0.5) is 5.69 Å². The minimum Gasteiger partial charge on any atom is -0.478 e. The number of benzene rings is 1. The summed E-state index contributed by atoms with van der Waals surface area (Å²) in [4.78, 5) is 32.1. The number of anilines is 1. The van der Waals surface area contributed by atoms with Gasteiger partial charge in [0, 0.05) is 24.2 Å². The minimum atomic E-state index is -1.24. The van der Waals surface area contributed by atoms with Gasteiger partial charge in [-0.3, -0.25) is 14.8 Å². The summed E-state index contributed by atoms with van der Waals surface area (Å²) < 4.78 is 0. The molecule has 3 rings (SSSR count). The van der Waals surface area contributed by atoms with Crippen LogP contribution in [0.15, 0.2) is 61.1 Å². The highest BCUT2D eigenvalue weighted by atomic mass is 16.4. The Labute approximate surface area is 148 Å². The summed E-state index contributed by atoms with van der Waals surface area (Å²) in [5.74, 6) is -1.75. The molecule has 0 radical (unpaired) electrons. The van der Waals surface area contributed by atoms with Gasteiger partial charge in [0.1, 0.15) is 0 Å². The number of carboxylic acids is 1. The number of carboxylic acid groups (broad SMARTS) is 1. The number of nitrogens with one attached hydrogen (secondary N) is 1. The second kappa shape index (κ2) is 7.23. The molecule has 2 heterocycles. The predicted molar refractivity (Wildman–Crippen MR) is 93.5 cm³/mol. The number of amides is 1. The number of pyridine rings is 2. The van der Waals surface area contributed by atoms with E-state index in [2.05, 4.69) is 15.3 Å². The molecule has 0 saturated carbocycles. The third-order valence-corrected chi connectivity index (χ3v) is 3.59. The van der Waals surface area contributed by atoms with E-state index in [0.717, 1.165) is 0 Å². The van der Waals surface area contributed by atoms with E-state index in [-0.39, 0.29) is 22.4 Å². The van der Waals surface area contributed by atoms with E-state index in [9.17, 15) is 14.7 Å². The van der Waals surface area contributed by atoms with Crippen LogP contribution in [0.3, 0.4) is 0 Å². The van der Waals surface area contributed by atoms with Gasteiger partial charge in [0.05, 0.1) is 34.1 Å². The molecule has 2 N–H and O–H groups in total. The molecule has 7 heteroatoms. The molecule has 0 saturated heterocycles. The summed E-state index contributed by atoms with van der Waals surface area (Å²) in [6.45, 7) is 0. The van der Waals surface area contributed by atoms with Crippen molar-refractivity contribution in [3.63, 3.8) is 0 Å². The van der Waals surface area contributed by atoms with Gasteiger partial charge in [-0.25, -0.2) is 4.79 Å². The molecule has 0 aliphatic rings. The molecule has 0 atom stereocenters. The minimum absolute atomic E-state index is 0.102. The fourth-order valence-corrected chi connectivity index (χ4v) is 2.33. The predicted octanol–water partition coefficient (Wildman–Crippen LogP) is 2.97. The van der Waals surface area contributed by atoms with Crippen molar-refractivity contribution in [3.8, 4) is 17.3 Å². The van der Waals surface area contributed by atoms with Crippen LogP contribution in [0.1, 0.15) is 26.3 Å². The molecule has 1 amide bonds. The zero-order valence-electron chi connectivity index (χ0n) is 13.4. The van der Waals surface area contributed by atoms with Gasteiger partial charge in [-0.2, -0.15) is 5.26 Å². The maximum absolute atomic E-state index is 12.5. The molecule has 0 unspecified atom stereocenters. The van der Waals surface area contributed by atoms with Crippen molar-refractivity contribution in [2.24, 2.45) is 0 Å². The van der Waals surface area contributed by atoms with E-state index in [1.54, 1.807) is 30.6 Å². The Morgan fingerprint density at radius 2 is 1.96 bits per heavy atom. The van der Waals surface area contributed by atoms with Crippen molar-refractivity contribution >= 4 is 17.6 Å². The fraction of sp³-hybridized carbons (Fsp3) is 0. The Kier molecular flexibility index (Phi) is 4.67. The Bertz CT molecular complexity index is 1030. The highest BCUT2D eigenvalue weighted by Gasteiger charge is 2.15. The maximum Gasteiger partial charge on any atom is 0.337 e. The van der Waals surface area contributed by atoms with Gasteiger partial charge >= 0.3 is 5.97 Å². The third kappa shape index (κ3) is 3.55. The number of nitriles is 1. The Balaban J connectivity index is 1.90. The van der Waals surface area contributed by atoms with Gasteiger partial charge in [0.25, 0.3) is 5.91 Å². The van der Waals surface area contributed by atoms with Crippen molar-refractivity contribution in [1.82, 2.24) is 9.97 Å². The first-order chi connectivity index (χ1) is 12.6. The zero-order valence-corrected chi connectivity index (χ0v) is 13.4. The molecule has 0 aliphatic carbocycles. The number of hydrogen-bond acceptors (Lipinski definition) is 5. The Morgan fingerprint density at radius 1 is 1.12 bits per heavy atom. The molecule has 126 valence electrons. The quantitative estimate of drug-likeness (QED) is 0.751. The first kappa shape index (κ1) is 16.8. The molecular weight excluding hydrogens is 332 g/mol. The lowest BCUT2D eigenvalue weighted by atomic mass is 10.1. The van der Waals surface area contributed by atoms with E-state index in [0.29, 0.717) is 11.3 Å². The van der Waals surface area contributed by atoms with Gasteiger partial charge in [0.15, 0.2) is 0 Å². The summed E-state index contributed by atoms with van der Waals surface area (Å²) in [7, 11) is 0. The average Bonchev–Trinajstić information content (AvgIpc) is 2.69. The normalized spacial score (nSPS) is 9.96. The van der Waals surface area contributed by atoms with Crippen molar-refractivity contribution in [3.05, 3.63) is 77.7 Å². The Hall–Kier alpha value is -4.05. The third-order valence-electron chi connectivity index (χ3n) is 3.59. The van der Waals surface area contributed by atoms with Crippen molar-refractivity contribution in [2.45, 2.75) is 0 Å². The van der Waals surface area contributed by atoms with Crippen LogP contribution >= 0.6 is 0 Å². The van der Waals surface area contributed by atoms with Crippen LogP contribution in [-0.2, 0) is 0 Å². The van der Waals surface area contributed by atoms with Crippen LogP contribution in [0.2, 0.25) is 0 Å². The smallest absolute Gasteiger partial charge is 0.337 e. The molecule has 0 bridgehead atoms. The van der Waals surface area contributed by atoms with Gasteiger partial charge in [-0.15, -0.1) is 0 Å². The second-order valence-electron chi connectivity index (χ2n) is 5.31. The molecule has 2 aromatic heterocycles. The second-order valence-corrected chi connectivity index (χ2v) is 5.31. The largest absolute Gasteiger partial charge is 0.478 e. The van der Waals surface area contributed by atoms with Crippen LogP contribution in [0.5, 0.6) is 0 Å². The van der Waals surface area contributed by atoms with Gasteiger partial charge in [0.2, 0.25) is 0 Å². The molecule has 0 aliphatic heterocycles. The number of aromatic carboxylic acids is 1. The standard InChI is InChI=1S/C19H12N4O3/c20-9-12-4-5-17(15(7-12)19(25)26)23-18(24)14-8-13(10-21-11-14)16-3-1-2-6-22-16/h1-8,10-11H,(H,23,24)(H,25,26). The molecule has 0 spiro atoms. The summed E-state index contributed by atoms with van der Waals surface area (Å²) in [5.41, 5.74) is 1.72. The maximum atomic E-state index is 12.5. The zero-order chi connectivity index (χ0) is 18.5. The molecule has 1 aromatic carbocycles. The number of carbonyl (C=O) groups excluding carboxylic acids is 1. The lowest BCUT2D eigenvalue weighted by Crippen LogP contribution is -2.15. The van der Waals surface area contributed by atoms with E-state index < -0.39 is 11.9 Å². The lowest BCUT2D eigenvalue weighted by molar-refractivity contribution is 0.0698. The summed E-state index contributed by atoms with van der Waals surface area (Å²) in [5, 5.41) is 20.7. The number of nitrogens with zero attached hydrogens (tertiary/aromatic N) is 3. The van der Waals surface area contributed by atoms with Gasteiger partial charge in [-0.1, -0.05) is 6.07 Å². The average molecular weight is 344 g/mol. The van der Waals surface area contributed by atoms with Crippen LogP contribution in [-0.4, -0.2) is 27.0 Å². The monoisotopic (exact) mass is 344 g/mol. The van der Waals surface area contributed by atoms with E-state index in [1.807, 2.05) is 12.1 Å². The molecule has 26 heavy (non-hydrogen) atoms. The first-order valence-electron chi connectivity index (χ1n) is 7.54. The van der Waals surface area contributed by atoms with Crippen LogP contribution in [0, 0.1) is 11.3 Å². The lowest BCUT2D eigenvalue weighted by Gasteiger charge is -2.09. The van der Waals surface area contributed by atoms with E-state index >= 15 is 0 Å². The number of rotatable bonds is 4. The Morgan fingerprint density at radius 3 is 2.65 bits per heavy atom. The SMILES string of the molecule is N#Cc1ccc(NC(=O)c2cncc(-c3ccccn3)c2)c(C(=O)O)c1. The van der Waals surface area contributed by atoms with Gasteiger partial charge in [-0.05, 0) is 36.4 Å². The topological polar surface area (TPSA) is 116 Å². The van der Waals surface area contributed by atoms with Crippen molar-refractivity contribution in [2.75, 3.05) is 5.32 Å². The fourth-order valence-electron chi connectivity index (χ4n) is 2.33. The van der Waals surface area contributed by atoms with Gasteiger partial charge < -0.3 is 10.4 Å². The van der Waals surface area contributed by atoms with Crippen LogP contribution in [0.25, 0.3) is 11.3 Å². The highest BCUT2D eigenvalue weighted by Crippen LogP contribution is 2.20. The molecular formula is C19H12N4O3.